The Kier molecular flexibility index (Phi) is 1.83. The number of hydrogen-bond acceptors (Lipinski definition) is 3. The summed E-state index contributed by atoms with van der Waals surface area (Å²) in [5, 5.41) is -0.426. The van der Waals surface area contributed by atoms with Crippen LogP contribution in [0.25, 0.3) is 10.2 Å². The molecule has 0 saturated carbocycles. The van der Waals surface area contributed by atoms with Gasteiger partial charge in [0.25, 0.3) is 5.24 Å². The maximum atomic E-state index is 10.8. The molecule has 1 aromatic heterocycles. The Labute approximate surface area is 77.8 Å². The molecule has 0 aliphatic rings. The molecule has 0 radical (unpaired) electrons. The minimum Gasteiger partial charge on any atom is -0.276 e. The molecule has 2 aromatic rings. The van der Waals surface area contributed by atoms with Crippen LogP contribution in [0.5, 0.6) is 0 Å². The summed E-state index contributed by atoms with van der Waals surface area (Å²) in [6.45, 7) is 0. The third-order valence-corrected chi connectivity index (χ3v) is 2.57. The predicted octanol–water partition coefficient (Wildman–Crippen LogP) is 2.68. The first kappa shape index (κ1) is 7.71. The summed E-state index contributed by atoms with van der Waals surface area (Å²) in [6, 6.07) is 5.22. The monoisotopic (exact) mass is 197 g/mol. The molecule has 60 valence electrons. The van der Waals surface area contributed by atoms with Crippen LogP contribution in [0, 0.1) is 0 Å². The molecule has 0 N–H and O–H groups in total. The summed E-state index contributed by atoms with van der Waals surface area (Å²) in [5.41, 5.74) is 3.17. The van der Waals surface area contributed by atoms with Gasteiger partial charge in [-0.15, -0.1) is 11.3 Å². The number of fused-ring (bicyclic) bond motifs is 1. The van der Waals surface area contributed by atoms with Gasteiger partial charge in [-0.3, -0.25) is 4.79 Å². The fourth-order valence-electron chi connectivity index (χ4n) is 0.977. The lowest BCUT2D eigenvalue weighted by atomic mass is 10.2. The Morgan fingerprint density at radius 1 is 1.50 bits per heavy atom. The number of rotatable bonds is 1. The first-order valence-electron chi connectivity index (χ1n) is 3.30. The molecule has 2 rings (SSSR count). The van der Waals surface area contributed by atoms with Crippen molar-refractivity contribution in [2.75, 3.05) is 0 Å². The fourth-order valence-corrected chi connectivity index (χ4v) is 1.81. The maximum absolute atomic E-state index is 10.8. The summed E-state index contributed by atoms with van der Waals surface area (Å²) >= 11 is 6.81. The van der Waals surface area contributed by atoms with E-state index in [1.54, 1.807) is 23.7 Å². The second-order valence-corrected chi connectivity index (χ2v) is 3.54. The van der Waals surface area contributed by atoms with E-state index < -0.39 is 5.24 Å². The highest BCUT2D eigenvalue weighted by Gasteiger charge is 2.03. The minimum absolute atomic E-state index is 0.426. The Balaban J connectivity index is 2.68. The summed E-state index contributed by atoms with van der Waals surface area (Å²) in [6.07, 6.45) is 0. The molecule has 0 saturated heterocycles. The molecule has 1 aromatic carbocycles. The standard InChI is InChI=1S/C8H4ClNOS/c9-8(11)5-1-2-6-7(3-5)12-4-10-6/h1-4H. The lowest BCUT2D eigenvalue weighted by Gasteiger charge is -1.91. The van der Waals surface area contributed by atoms with Crippen molar-refractivity contribution < 1.29 is 4.79 Å². The summed E-state index contributed by atoms with van der Waals surface area (Å²) in [5.74, 6) is 0. The zero-order valence-electron chi connectivity index (χ0n) is 5.95. The quantitative estimate of drug-likeness (QED) is 0.658. The molecule has 0 spiro atoms. The van der Waals surface area contributed by atoms with E-state index in [4.69, 9.17) is 11.6 Å². The second-order valence-electron chi connectivity index (χ2n) is 2.31. The van der Waals surface area contributed by atoms with Gasteiger partial charge in [0.05, 0.1) is 15.7 Å². The number of hydrogen-bond donors (Lipinski definition) is 0. The van der Waals surface area contributed by atoms with Gasteiger partial charge in [0, 0.05) is 5.56 Å². The van der Waals surface area contributed by atoms with E-state index in [1.165, 1.54) is 11.3 Å². The first-order chi connectivity index (χ1) is 5.77. The van der Waals surface area contributed by atoms with Crippen LogP contribution in [0.15, 0.2) is 23.7 Å². The Hall–Kier alpha value is -0.930. The van der Waals surface area contributed by atoms with Gasteiger partial charge in [-0.1, -0.05) is 0 Å². The molecule has 0 amide bonds. The summed E-state index contributed by atoms with van der Waals surface area (Å²) < 4.78 is 0.988. The molecule has 0 atom stereocenters. The van der Waals surface area contributed by atoms with Gasteiger partial charge in [-0.25, -0.2) is 4.98 Å². The van der Waals surface area contributed by atoms with Gasteiger partial charge in [0.1, 0.15) is 0 Å². The minimum atomic E-state index is -0.426. The van der Waals surface area contributed by atoms with Crippen LogP contribution < -0.4 is 0 Å². The average molecular weight is 198 g/mol. The fraction of sp³-hybridized carbons (Fsp3) is 0. The average Bonchev–Trinajstić information content (AvgIpc) is 2.49. The summed E-state index contributed by atoms with van der Waals surface area (Å²) in [7, 11) is 0. The lowest BCUT2D eigenvalue weighted by molar-refractivity contribution is 0.108. The van der Waals surface area contributed by atoms with Gasteiger partial charge in [0.15, 0.2) is 0 Å². The van der Waals surface area contributed by atoms with Gasteiger partial charge in [-0.05, 0) is 29.8 Å². The van der Waals surface area contributed by atoms with Crippen LogP contribution in [-0.4, -0.2) is 10.2 Å². The van der Waals surface area contributed by atoms with Gasteiger partial charge in [0.2, 0.25) is 0 Å². The van der Waals surface area contributed by atoms with Crippen molar-refractivity contribution in [2.24, 2.45) is 0 Å². The molecule has 4 heteroatoms. The highest BCUT2D eigenvalue weighted by Crippen LogP contribution is 2.19. The number of carbonyl (C=O) groups is 1. The molecule has 1 heterocycles. The summed E-state index contributed by atoms with van der Waals surface area (Å²) in [4.78, 5) is 14.8. The van der Waals surface area contributed by atoms with E-state index >= 15 is 0 Å². The number of aromatic nitrogens is 1. The molecule has 0 unspecified atom stereocenters. The zero-order valence-corrected chi connectivity index (χ0v) is 7.52. The molecular formula is C8H4ClNOS. The third kappa shape index (κ3) is 1.21. The van der Waals surface area contributed by atoms with Crippen molar-refractivity contribution in [3.05, 3.63) is 29.3 Å². The van der Waals surface area contributed by atoms with Crippen molar-refractivity contribution in [3.63, 3.8) is 0 Å². The van der Waals surface area contributed by atoms with E-state index in [0.29, 0.717) is 5.56 Å². The molecule has 2 nitrogen and oxygen atoms in total. The van der Waals surface area contributed by atoms with Crippen LogP contribution in [0.4, 0.5) is 0 Å². The number of carbonyl (C=O) groups excluding carboxylic acids is 1. The Bertz CT molecular complexity index is 437. The normalized spacial score (nSPS) is 10.4. The highest BCUT2D eigenvalue weighted by molar-refractivity contribution is 7.16. The highest BCUT2D eigenvalue weighted by atomic mass is 35.5. The lowest BCUT2D eigenvalue weighted by Crippen LogP contribution is -1.86. The maximum Gasteiger partial charge on any atom is 0.252 e. The number of thiazole rings is 1. The first-order valence-corrected chi connectivity index (χ1v) is 4.56. The van der Waals surface area contributed by atoms with E-state index in [2.05, 4.69) is 4.98 Å². The Morgan fingerprint density at radius 3 is 3.08 bits per heavy atom. The van der Waals surface area contributed by atoms with Crippen LogP contribution in [0.2, 0.25) is 0 Å². The number of benzene rings is 1. The van der Waals surface area contributed by atoms with Gasteiger partial charge < -0.3 is 0 Å². The topological polar surface area (TPSA) is 30.0 Å². The van der Waals surface area contributed by atoms with Crippen molar-refractivity contribution in [1.29, 1.82) is 0 Å². The number of nitrogens with zero attached hydrogens (tertiary/aromatic N) is 1. The number of halogens is 1. The molecule has 0 fully saturated rings. The molecule has 0 aliphatic carbocycles. The van der Waals surface area contributed by atoms with Crippen LogP contribution in [0.3, 0.4) is 0 Å². The van der Waals surface area contributed by atoms with Crippen molar-refractivity contribution >= 4 is 38.4 Å². The molecule has 12 heavy (non-hydrogen) atoms. The van der Waals surface area contributed by atoms with Crippen molar-refractivity contribution in [3.8, 4) is 0 Å². The molecular weight excluding hydrogens is 194 g/mol. The van der Waals surface area contributed by atoms with Gasteiger partial charge in [-0.2, -0.15) is 0 Å². The van der Waals surface area contributed by atoms with Crippen LogP contribution >= 0.6 is 22.9 Å². The largest absolute Gasteiger partial charge is 0.276 e. The van der Waals surface area contributed by atoms with E-state index in [-0.39, 0.29) is 0 Å². The second kappa shape index (κ2) is 2.84. The van der Waals surface area contributed by atoms with Crippen LogP contribution in [0.1, 0.15) is 10.4 Å². The smallest absolute Gasteiger partial charge is 0.252 e. The molecule has 0 aliphatic heterocycles. The zero-order chi connectivity index (χ0) is 8.55. The van der Waals surface area contributed by atoms with Crippen LogP contribution in [-0.2, 0) is 0 Å². The van der Waals surface area contributed by atoms with E-state index in [1.807, 2.05) is 0 Å². The van der Waals surface area contributed by atoms with Crippen molar-refractivity contribution in [2.45, 2.75) is 0 Å². The van der Waals surface area contributed by atoms with E-state index in [0.717, 1.165) is 10.2 Å². The Morgan fingerprint density at radius 2 is 2.33 bits per heavy atom. The molecule has 0 bridgehead atoms. The third-order valence-electron chi connectivity index (χ3n) is 1.56. The van der Waals surface area contributed by atoms with Gasteiger partial charge >= 0.3 is 0 Å². The van der Waals surface area contributed by atoms with E-state index in [9.17, 15) is 4.79 Å². The predicted molar refractivity (Wildman–Crippen MR) is 49.8 cm³/mol. The van der Waals surface area contributed by atoms with Crippen molar-refractivity contribution in [1.82, 2.24) is 4.98 Å². The SMILES string of the molecule is O=C(Cl)c1ccc2ncsc2c1.